The summed E-state index contributed by atoms with van der Waals surface area (Å²) < 4.78 is 23.9. The van der Waals surface area contributed by atoms with Gasteiger partial charge in [0.1, 0.15) is 17.3 Å². The molecule has 0 radical (unpaired) electrons. The highest BCUT2D eigenvalue weighted by molar-refractivity contribution is 5.73. The zero-order chi connectivity index (χ0) is 17.6. The summed E-state index contributed by atoms with van der Waals surface area (Å²) >= 11 is 0. The summed E-state index contributed by atoms with van der Waals surface area (Å²) in [5, 5.41) is 0. The molecule has 0 N–H and O–H groups in total. The van der Waals surface area contributed by atoms with Gasteiger partial charge in [-0.3, -0.25) is 4.79 Å². The Balaban J connectivity index is 1.62. The molecule has 25 heavy (non-hydrogen) atoms. The standard InChI is InChI=1S/C20H22FNO3/c1-2-24-20(23)15-10-12-22(13-11-15)17-4-3-5-19(14-17)25-18-8-6-16(21)7-9-18/h3-9,14-15H,2,10-13H2,1H3. The first kappa shape index (κ1) is 17.3. The van der Waals surface area contributed by atoms with Gasteiger partial charge in [0.2, 0.25) is 0 Å². The highest BCUT2D eigenvalue weighted by Gasteiger charge is 2.26. The van der Waals surface area contributed by atoms with Crippen molar-refractivity contribution in [2.75, 3.05) is 24.6 Å². The highest BCUT2D eigenvalue weighted by atomic mass is 19.1. The van der Waals surface area contributed by atoms with E-state index in [1.54, 1.807) is 12.1 Å². The lowest BCUT2D eigenvalue weighted by Crippen LogP contribution is -2.36. The van der Waals surface area contributed by atoms with Crippen molar-refractivity contribution in [1.29, 1.82) is 0 Å². The maximum absolute atomic E-state index is 13.0. The largest absolute Gasteiger partial charge is 0.466 e. The van der Waals surface area contributed by atoms with E-state index in [9.17, 15) is 9.18 Å². The Kier molecular flexibility index (Phi) is 5.53. The van der Waals surface area contributed by atoms with E-state index in [0.717, 1.165) is 31.6 Å². The third-order valence-corrected chi connectivity index (χ3v) is 4.35. The minimum atomic E-state index is -0.287. The van der Waals surface area contributed by atoms with E-state index in [1.165, 1.54) is 12.1 Å². The van der Waals surface area contributed by atoms with E-state index in [1.807, 2.05) is 31.2 Å². The number of halogens is 1. The third kappa shape index (κ3) is 4.50. The van der Waals surface area contributed by atoms with E-state index in [-0.39, 0.29) is 17.7 Å². The maximum atomic E-state index is 13.0. The van der Waals surface area contributed by atoms with Crippen LogP contribution < -0.4 is 9.64 Å². The number of carbonyl (C=O) groups excluding carboxylic acids is 1. The van der Waals surface area contributed by atoms with Crippen molar-refractivity contribution in [3.05, 3.63) is 54.3 Å². The molecule has 132 valence electrons. The number of benzene rings is 2. The average Bonchev–Trinajstić information content (AvgIpc) is 2.64. The van der Waals surface area contributed by atoms with Crippen LogP contribution in [0.4, 0.5) is 10.1 Å². The summed E-state index contributed by atoms with van der Waals surface area (Å²) in [7, 11) is 0. The molecule has 0 bridgehead atoms. The van der Waals surface area contributed by atoms with Gasteiger partial charge >= 0.3 is 5.97 Å². The second-order valence-corrected chi connectivity index (χ2v) is 6.07. The van der Waals surface area contributed by atoms with E-state index in [4.69, 9.17) is 9.47 Å². The van der Waals surface area contributed by atoms with Gasteiger partial charge in [-0.1, -0.05) is 6.07 Å². The molecule has 0 atom stereocenters. The van der Waals surface area contributed by atoms with Crippen LogP contribution in [0.15, 0.2) is 48.5 Å². The van der Waals surface area contributed by atoms with Crippen LogP contribution in [0.5, 0.6) is 11.5 Å². The molecule has 2 aromatic carbocycles. The molecule has 0 amide bonds. The Hall–Kier alpha value is -2.56. The van der Waals surface area contributed by atoms with Gasteiger partial charge in [-0.25, -0.2) is 4.39 Å². The first-order valence-electron chi connectivity index (χ1n) is 8.61. The molecule has 0 unspecified atom stereocenters. The third-order valence-electron chi connectivity index (χ3n) is 4.35. The SMILES string of the molecule is CCOC(=O)C1CCN(c2cccc(Oc3ccc(F)cc3)c2)CC1. The smallest absolute Gasteiger partial charge is 0.309 e. The Morgan fingerprint density at radius 1 is 1.12 bits per heavy atom. The van der Waals surface area contributed by atoms with Crippen LogP contribution in [0.25, 0.3) is 0 Å². The summed E-state index contributed by atoms with van der Waals surface area (Å²) in [5.74, 6) is 0.923. The Morgan fingerprint density at radius 2 is 1.84 bits per heavy atom. The molecule has 1 heterocycles. The number of ether oxygens (including phenoxy) is 2. The van der Waals surface area contributed by atoms with Gasteiger partial charge in [-0.05, 0) is 56.2 Å². The van der Waals surface area contributed by atoms with Crippen LogP contribution >= 0.6 is 0 Å². The number of piperidine rings is 1. The van der Waals surface area contributed by atoms with Crippen LogP contribution in [0, 0.1) is 11.7 Å². The summed E-state index contributed by atoms with van der Waals surface area (Å²) in [6.45, 7) is 3.88. The van der Waals surface area contributed by atoms with Gasteiger partial charge in [0.05, 0.1) is 12.5 Å². The average molecular weight is 343 g/mol. The molecule has 1 fully saturated rings. The van der Waals surface area contributed by atoms with E-state index < -0.39 is 0 Å². The molecule has 1 aliphatic heterocycles. The van der Waals surface area contributed by atoms with Gasteiger partial charge in [0, 0.05) is 24.8 Å². The molecule has 5 heteroatoms. The van der Waals surface area contributed by atoms with Crippen molar-refractivity contribution in [2.24, 2.45) is 5.92 Å². The van der Waals surface area contributed by atoms with Crippen molar-refractivity contribution < 1.29 is 18.7 Å². The zero-order valence-electron chi connectivity index (χ0n) is 14.3. The summed E-state index contributed by atoms with van der Waals surface area (Å²) in [5.41, 5.74) is 1.06. The molecule has 0 aliphatic carbocycles. The fourth-order valence-electron chi connectivity index (χ4n) is 3.02. The Bertz CT molecular complexity index is 709. The predicted molar refractivity (Wildman–Crippen MR) is 94.5 cm³/mol. The lowest BCUT2D eigenvalue weighted by Gasteiger charge is -2.32. The zero-order valence-corrected chi connectivity index (χ0v) is 14.3. The number of nitrogens with zero attached hydrogens (tertiary/aromatic N) is 1. The Morgan fingerprint density at radius 3 is 2.52 bits per heavy atom. The normalized spacial score (nSPS) is 15.0. The second-order valence-electron chi connectivity index (χ2n) is 6.07. The fraction of sp³-hybridized carbons (Fsp3) is 0.350. The molecule has 0 spiro atoms. The molecule has 1 aliphatic rings. The van der Waals surface area contributed by atoms with Crippen LogP contribution in [0.3, 0.4) is 0 Å². The van der Waals surface area contributed by atoms with E-state index >= 15 is 0 Å². The molecular formula is C20H22FNO3. The molecule has 4 nitrogen and oxygen atoms in total. The minimum absolute atomic E-state index is 0.00477. The lowest BCUT2D eigenvalue weighted by atomic mass is 9.96. The van der Waals surface area contributed by atoms with Crippen LogP contribution in [0.2, 0.25) is 0 Å². The van der Waals surface area contributed by atoms with Crippen LogP contribution in [-0.2, 0) is 9.53 Å². The van der Waals surface area contributed by atoms with Crippen LogP contribution in [-0.4, -0.2) is 25.7 Å². The highest BCUT2D eigenvalue weighted by Crippen LogP contribution is 2.29. The first-order valence-corrected chi connectivity index (χ1v) is 8.61. The number of carbonyl (C=O) groups is 1. The molecular weight excluding hydrogens is 321 g/mol. The summed E-state index contributed by atoms with van der Waals surface area (Å²) in [6.07, 6.45) is 1.59. The van der Waals surface area contributed by atoms with E-state index in [2.05, 4.69) is 4.90 Å². The molecule has 2 aromatic rings. The van der Waals surface area contributed by atoms with Crippen molar-refractivity contribution in [3.63, 3.8) is 0 Å². The molecule has 3 rings (SSSR count). The van der Waals surface area contributed by atoms with E-state index in [0.29, 0.717) is 18.1 Å². The van der Waals surface area contributed by atoms with Gasteiger partial charge in [-0.2, -0.15) is 0 Å². The van der Waals surface area contributed by atoms with Crippen molar-refractivity contribution in [1.82, 2.24) is 0 Å². The topological polar surface area (TPSA) is 38.8 Å². The number of hydrogen-bond donors (Lipinski definition) is 0. The van der Waals surface area contributed by atoms with Crippen LogP contribution in [0.1, 0.15) is 19.8 Å². The summed E-state index contributed by atoms with van der Waals surface area (Å²) in [6, 6.07) is 13.8. The Labute approximate surface area is 147 Å². The number of esters is 1. The summed E-state index contributed by atoms with van der Waals surface area (Å²) in [4.78, 5) is 14.1. The monoisotopic (exact) mass is 343 g/mol. The molecule has 0 saturated carbocycles. The fourth-order valence-corrected chi connectivity index (χ4v) is 3.02. The van der Waals surface area contributed by atoms with Gasteiger partial charge in [0.25, 0.3) is 0 Å². The molecule has 1 saturated heterocycles. The van der Waals surface area contributed by atoms with Gasteiger partial charge in [-0.15, -0.1) is 0 Å². The number of anilines is 1. The minimum Gasteiger partial charge on any atom is -0.466 e. The van der Waals surface area contributed by atoms with Crippen molar-refractivity contribution in [2.45, 2.75) is 19.8 Å². The number of rotatable bonds is 5. The lowest BCUT2D eigenvalue weighted by molar-refractivity contribution is -0.148. The predicted octanol–water partition coefficient (Wildman–Crippen LogP) is 4.40. The quantitative estimate of drug-likeness (QED) is 0.755. The first-order chi connectivity index (χ1) is 12.2. The van der Waals surface area contributed by atoms with Gasteiger partial charge in [0.15, 0.2) is 0 Å². The number of hydrogen-bond acceptors (Lipinski definition) is 4. The van der Waals surface area contributed by atoms with Crippen molar-refractivity contribution >= 4 is 11.7 Å². The molecule has 0 aromatic heterocycles. The second kappa shape index (κ2) is 8.01. The maximum Gasteiger partial charge on any atom is 0.309 e. The van der Waals surface area contributed by atoms with Gasteiger partial charge < -0.3 is 14.4 Å². The van der Waals surface area contributed by atoms with Crippen molar-refractivity contribution in [3.8, 4) is 11.5 Å².